The Balaban J connectivity index is 2.11. The van der Waals surface area contributed by atoms with E-state index in [1.54, 1.807) is 6.07 Å². The number of hydrogen-bond donors (Lipinski definition) is 3. The summed E-state index contributed by atoms with van der Waals surface area (Å²) in [7, 11) is 0. The summed E-state index contributed by atoms with van der Waals surface area (Å²) in [6, 6.07) is 4.99. The van der Waals surface area contributed by atoms with Crippen LogP contribution in [0.1, 0.15) is 13.8 Å². The third kappa shape index (κ3) is 2.53. The summed E-state index contributed by atoms with van der Waals surface area (Å²) in [6.07, 6.45) is 1.44. The number of fused-ring (bicyclic) bond motifs is 1. The van der Waals surface area contributed by atoms with E-state index in [0.29, 0.717) is 28.3 Å². The van der Waals surface area contributed by atoms with Crippen molar-refractivity contribution < 1.29 is 14.6 Å². The minimum Gasteiger partial charge on any atom is -0.507 e. The molecule has 0 bridgehead atoms. The molecule has 2 aromatic heterocycles. The zero-order valence-electron chi connectivity index (χ0n) is 12.0. The third-order valence-electron chi connectivity index (χ3n) is 3.06. The molecule has 7 heteroatoms. The van der Waals surface area contributed by atoms with Crippen molar-refractivity contribution in [2.24, 2.45) is 0 Å². The van der Waals surface area contributed by atoms with Gasteiger partial charge < -0.3 is 19.9 Å². The number of nitrogens with zero attached hydrogens (tertiary/aromatic N) is 2. The van der Waals surface area contributed by atoms with Gasteiger partial charge in [-0.3, -0.25) is 0 Å². The molecule has 0 unspecified atom stereocenters. The molecule has 3 rings (SSSR count). The smallest absolute Gasteiger partial charge is 0.295 e. The fraction of sp³-hybridized carbons (Fsp3) is 0.200. The molecular formula is C15H14ClN3O3. The Morgan fingerprint density at radius 3 is 2.64 bits per heavy atom. The maximum absolute atomic E-state index is 10.1. The largest absolute Gasteiger partial charge is 0.507 e. The SMILES string of the molecule is CC(C)Nc1nc(-c2cc(O)c3ccc(O)c(Cl)c3n2)co1. The highest BCUT2D eigenvalue weighted by Gasteiger charge is 2.15. The second kappa shape index (κ2) is 5.38. The van der Waals surface area contributed by atoms with Crippen LogP contribution in [0.25, 0.3) is 22.3 Å². The Labute approximate surface area is 131 Å². The Morgan fingerprint density at radius 2 is 1.91 bits per heavy atom. The molecule has 0 fully saturated rings. The second-order valence-electron chi connectivity index (χ2n) is 5.16. The van der Waals surface area contributed by atoms with Gasteiger partial charge in [0.15, 0.2) is 0 Å². The van der Waals surface area contributed by atoms with Gasteiger partial charge in [0.1, 0.15) is 28.5 Å². The summed E-state index contributed by atoms with van der Waals surface area (Å²) in [4.78, 5) is 8.62. The maximum atomic E-state index is 10.1. The zero-order chi connectivity index (χ0) is 15.9. The number of phenolic OH excluding ortho intramolecular Hbond substituents is 1. The van der Waals surface area contributed by atoms with Crippen LogP contribution in [0, 0.1) is 0 Å². The lowest BCUT2D eigenvalue weighted by atomic mass is 10.1. The van der Waals surface area contributed by atoms with E-state index in [1.807, 2.05) is 13.8 Å². The molecule has 0 spiro atoms. The predicted molar refractivity (Wildman–Crippen MR) is 84.3 cm³/mol. The number of aromatic nitrogens is 2. The topological polar surface area (TPSA) is 91.4 Å². The minimum atomic E-state index is -0.0967. The van der Waals surface area contributed by atoms with Crippen LogP contribution < -0.4 is 5.32 Å². The van der Waals surface area contributed by atoms with Crippen molar-refractivity contribution in [2.45, 2.75) is 19.9 Å². The third-order valence-corrected chi connectivity index (χ3v) is 3.43. The van der Waals surface area contributed by atoms with Crippen molar-refractivity contribution in [3.63, 3.8) is 0 Å². The average molecular weight is 320 g/mol. The maximum Gasteiger partial charge on any atom is 0.295 e. The average Bonchev–Trinajstić information content (AvgIpc) is 2.90. The van der Waals surface area contributed by atoms with Crippen molar-refractivity contribution in [1.82, 2.24) is 9.97 Å². The molecule has 0 aliphatic carbocycles. The Morgan fingerprint density at radius 1 is 1.14 bits per heavy atom. The molecule has 0 atom stereocenters. The molecule has 0 aliphatic heterocycles. The first-order valence-electron chi connectivity index (χ1n) is 6.69. The first-order chi connectivity index (χ1) is 10.5. The summed E-state index contributed by atoms with van der Waals surface area (Å²) in [5.74, 6) is -0.0937. The predicted octanol–water partition coefficient (Wildman–Crippen LogP) is 3.77. The molecule has 114 valence electrons. The summed E-state index contributed by atoms with van der Waals surface area (Å²) in [5, 5.41) is 23.4. The van der Waals surface area contributed by atoms with Crippen molar-refractivity contribution in [2.75, 3.05) is 5.32 Å². The van der Waals surface area contributed by atoms with Gasteiger partial charge in [0.05, 0.1) is 11.2 Å². The monoisotopic (exact) mass is 319 g/mol. The summed E-state index contributed by atoms with van der Waals surface area (Å²) < 4.78 is 5.31. The molecule has 6 nitrogen and oxygen atoms in total. The molecule has 1 aromatic carbocycles. The van der Waals surface area contributed by atoms with Crippen LogP contribution in [-0.2, 0) is 0 Å². The fourth-order valence-corrected chi connectivity index (χ4v) is 2.27. The van der Waals surface area contributed by atoms with Gasteiger partial charge in [0.25, 0.3) is 6.01 Å². The quantitative estimate of drug-likeness (QED) is 0.680. The number of phenols is 1. The molecule has 0 aliphatic rings. The van der Waals surface area contributed by atoms with Crippen LogP contribution in [0.15, 0.2) is 28.9 Å². The van der Waals surface area contributed by atoms with E-state index in [9.17, 15) is 10.2 Å². The van der Waals surface area contributed by atoms with Gasteiger partial charge >= 0.3 is 0 Å². The van der Waals surface area contributed by atoms with Gasteiger partial charge in [-0.1, -0.05) is 11.6 Å². The van der Waals surface area contributed by atoms with Crippen LogP contribution in [-0.4, -0.2) is 26.2 Å². The number of benzene rings is 1. The van der Waals surface area contributed by atoms with E-state index in [2.05, 4.69) is 15.3 Å². The van der Waals surface area contributed by atoms with E-state index < -0.39 is 0 Å². The highest BCUT2D eigenvalue weighted by molar-refractivity contribution is 6.36. The first-order valence-corrected chi connectivity index (χ1v) is 7.07. The summed E-state index contributed by atoms with van der Waals surface area (Å²) >= 11 is 6.05. The molecule has 0 amide bonds. The van der Waals surface area contributed by atoms with Crippen LogP contribution in [0.4, 0.5) is 6.01 Å². The van der Waals surface area contributed by atoms with Crippen molar-refractivity contribution in [3.05, 3.63) is 29.5 Å². The standard InChI is InChI=1S/C15H14ClN3O3/c1-7(2)17-15-19-10(6-22-15)9-5-12(21)8-3-4-11(20)13(16)14(8)18-9/h3-7,20H,1-2H3,(H,17,19)(H,18,21). The lowest BCUT2D eigenvalue weighted by molar-refractivity contribution is 0.475. The van der Waals surface area contributed by atoms with Crippen molar-refractivity contribution in [1.29, 1.82) is 0 Å². The normalized spacial score (nSPS) is 11.3. The Bertz CT molecular complexity index is 845. The number of pyridine rings is 1. The number of hydrogen-bond acceptors (Lipinski definition) is 6. The molecule has 2 heterocycles. The van der Waals surface area contributed by atoms with Gasteiger partial charge in [0, 0.05) is 17.5 Å². The highest BCUT2D eigenvalue weighted by atomic mass is 35.5. The molecule has 0 saturated carbocycles. The number of anilines is 1. The molecule has 0 saturated heterocycles. The van der Waals surface area contributed by atoms with Gasteiger partial charge in [-0.15, -0.1) is 0 Å². The number of oxazole rings is 1. The number of halogens is 1. The van der Waals surface area contributed by atoms with E-state index in [0.717, 1.165) is 0 Å². The second-order valence-corrected chi connectivity index (χ2v) is 5.54. The van der Waals surface area contributed by atoms with Crippen LogP contribution >= 0.6 is 11.6 Å². The molecule has 3 aromatic rings. The molecular weight excluding hydrogens is 306 g/mol. The van der Waals surface area contributed by atoms with Crippen molar-refractivity contribution >= 4 is 28.5 Å². The fourth-order valence-electron chi connectivity index (χ4n) is 2.07. The van der Waals surface area contributed by atoms with Crippen LogP contribution in [0.5, 0.6) is 11.5 Å². The molecule has 3 N–H and O–H groups in total. The Kier molecular flexibility index (Phi) is 3.54. The number of rotatable bonds is 3. The van der Waals surface area contributed by atoms with Gasteiger partial charge in [-0.05, 0) is 26.0 Å². The number of aromatic hydroxyl groups is 2. The van der Waals surface area contributed by atoms with Gasteiger partial charge in [0.2, 0.25) is 0 Å². The van der Waals surface area contributed by atoms with Crippen LogP contribution in [0.3, 0.4) is 0 Å². The van der Waals surface area contributed by atoms with Gasteiger partial charge in [-0.2, -0.15) is 4.98 Å². The number of nitrogens with one attached hydrogen (secondary N) is 1. The molecule has 0 radical (unpaired) electrons. The minimum absolute atomic E-state index is 0.00303. The van der Waals surface area contributed by atoms with Crippen LogP contribution in [0.2, 0.25) is 5.02 Å². The zero-order valence-corrected chi connectivity index (χ0v) is 12.7. The van der Waals surface area contributed by atoms with E-state index >= 15 is 0 Å². The lowest BCUT2D eigenvalue weighted by Crippen LogP contribution is -2.09. The first kappa shape index (κ1) is 14.5. The van der Waals surface area contributed by atoms with E-state index in [4.69, 9.17) is 16.0 Å². The van der Waals surface area contributed by atoms with Crippen molar-refractivity contribution in [3.8, 4) is 22.9 Å². The molecule has 22 heavy (non-hydrogen) atoms. The Hall–Kier alpha value is -2.47. The van der Waals surface area contributed by atoms with E-state index in [1.165, 1.54) is 18.4 Å². The summed E-state index contributed by atoms with van der Waals surface area (Å²) in [5.41, 5.74) is 1.16. The summed E-state index contributed by atoms with van der Waals surface area (Å²) in [6.45, 7) is 3.93. The van der Waals surface area contributed by atoms with Gasteiger partial charge in [-0.25, -0.2) is 4.98 Å². The lowest BCUT2D eigenvalue weighted by Gasteiger charge is -2.06. The van der Waals surface area contributed by atoms with E-state index in [-0.39, 0.29) is 22.6 Å². The highest BCUT2D eigenvalue weighted by Crippen LogP contribution is 2.36.